The number of aliphatic imine (C=N–C) groups is 1. The Hall–Kier alpha value is -3.28. The molecule has 4 aromatic rings. The Bertz CT molecular complexity index is 1270. The molecular weight excluding hydrogens is 389 g/mol. The highest BCUT2D eigenvalue weighted by molar-refractivity contribution is 6.09. The van der Waals surface area contributed by atoms with Crippen molar-refractivity contribution in [2.45, 2.75) is 25.7 Å². The first-order chi connectivity index (χ1) is 14.4. The van der Waals surface area contributed by atoms with E-state index in [1.165, 1.54) is 12.1 Å². The van der Waals surface area contributed by atoms with Crippen LogP contribution in [0.15, 0.2) is 71.7 Å². The van der Waals surface area contributed by atoms with E-state index in [1.54, 1.807) is 0 Å². The van der Waals surface area contributed by atoms with Crippen LogP contribution in [0, 0.1) is 0 Å². The van der Waals surface area contributed by atoms with Crippen molar-refractivity contribution < 1.29 is 17.9 Å². The molecule has 0 amide bonds. The first-order valence-corrected chi connectivity index (χ1v) is 9.76. The molecule has 1 aromatic heterocycles. The molecule has 0 bridgehead atoms. The van der Waals surface area contributed by atoms with E-state index in [1.807, 2.05) is 31.2 Å². The van der Waals surface area contributed by atoms with Crippen LogP contribution in [0.2, 0.25) is 0 Å². The second-order valence-corrected chi connectivity index (χ2v) is 7.55. The number of halogens is 3. The van der Waals surface area contributed by atoms with Crippen LogP contribution in [0.25, 0.3) is 32.9 Å². The van der Waals surface area contributed by atoms with Gasteiger partial charge in [0.15, 0.2) is 5.90 Å². The van der Waals surface area contributed by atoms with Gasteiger partial charge < -0.3 is 9.30 Å². The monoisotopic (exact) mass is 408 g/mol. The molecule has 0 aliphatic carbocycles. The third-order valence-electron chi connectivity index (χ3n) is 5.56. The number of aromatic nitrogens is 1. The van der Waals surface area contributed by atoms with Crippen LogP contribution in [0.3, 0.4) is 0 Å². The maximum atomic E-state index is 12.9. The van der Waals surface area contributed by atoms with E-state index in [9.17, 15) is 13.2 Å². The van der Waals surface area contributed by atoms with E-state index < -0.39 is 11.7 Å². The molecule has 1 aliphatic rings. The van der Waals surface area contributed by atoms with E-state index in [4.69, 9.17) is 4.74 Å². The number of hydrogen-bond donors (Lipinski definition) is 0. The van der Waals surface area contributed by atoms with Crippen molar-refractivity contribution in [2.75, 3.05) is 6.61 Å². The lowest BCUT2D eigenvalue weighted by Gasteiger charge is -2.11. The first kappa shape index (κ1) is 18.7. The highest BCUT2D eigenvalue weighted by Gasteiger charge is 2.30. The summed E-state index contributed by atoms with van der Waals surface area (Å²) in [5.74, 6) is 0.713. The largest absolute Gasteiger partial charge is 0.479 e. The third kappa shape index (κ3) is 3.22. The second-order valence-electron chi connectivity index (χ2n) is 7.55. The van der Waals surface area contributed by atoms with Gasteiger partial charge in [0.1, 0.15) is 12.6 Å². The van der Waals surface area contributed by atoms with Gasteiger partial charge in [-0.25, -0.2) is 4.99 Å². The minimum absolute atomic E-state index is 0.0681. The Balaban J connectivity index is 1.60. The van der Waals surface area contributed by atoms with Crippen LogP contribution in [-0.4, -0.2) is 23.1 Å². The molecule has 2 heterocycles. The molecule has 1 atom stereocenters. The topological polar surface area (TPSA) is 26.5 Å². The Labute approximate surface area is 171 Å². The summed E-state index contributed by atoms with van der Waals surface area (Å²) in [7, 11) is 0. The van der Waals surface area contributed by atoms with E-state index >= 15 is 0 Å². The molecule has 1 unspecified atom stereocenters. The first-order valence-electron chi connectivity index (χ1n) is 9.76. The fourth-order valence-electron chi connectivity index (χ4n) is 4.13. The summed E-state index contributed by atoms with van der Waals surface area (Å²) < 4.78 is 46.4. The number of hydrogen-bond acceptors (Lipinski definition) is 2. The van der Waals surface area contributed by atoms with Crippen molar-refractivity contribution in [3.8, 4) is 11.1 Å². The summed E-state index contributed by atoms with van der Waals surface area (Å²) in [5.41, 5.74) is 3.19. The van der Waals surface area contributed by atoms with Gasteiger partial charge in [-0.05, 0) is 41.5 Å². The van der Waals surface area contributed by atoms with Crippen molar-refractivity contribution in [1.82, 2.24) is 4.57 Å². The maximum absolute atomic E-state index is 12.9. The average molecular weight is 408 g/mol. The Morgan fingerprint density at radius 2 is 1.63 bits per heavy atom. The predicted molar refractivity (Wildman–Crippen MR) is 113 cm³/mol. The SMILES string of the molecule is CC1=NC(Cn2c3ccccc3c3cc(-c4ccc(C(F)(F)F)cc4)ccc32)CO1. The molecule has 6 heteroatoms. The molecular formula is C24H19F3N2O. The summed E-state index contributed by atoms with van der Waals surface area (Å²) in [6.45, 7) is 3.15. The van der Waals surface area contributed by atoms with E-state index in [0.717, 1.165) is 45.1 Å². The number of para-hydroxylation sites is 1. The average Bonchev–Trinajstić information content (AvgIpc) is 3.29. The fourth-order valence-corrected chi connectivity index (χ4v) is 4.13. The number of benzene rings is 3. The van der Waals surface area contributed by atoms with Crippen LogP contribution in [-0.2, 0) is 17.5 Å². The van der Waals surface area contributed by atoms with Crippen LogP contribution in [0.4, 0.5) is 13.2 Å². The minimum atomic E-state index is -4.33. The summed E-state index contributed by atoms with van der Waals surface area (Å²) in [6, 6.07) is 19.6. The lowest BCUT2D eigenvalue weighted by atomic mass is 10.0. The smallest absolute Gasteiger partial charge is 0.416 e. The van der Waals surface area contributed by atoms with Crippen LogP contribution in [0.1, 0.15) is 12.5 Å². The standard InChI is InChI=1S/C24H19F3N2O/c1-15-28-19(14-30-15)13-29-22-5-3-2-4-20(22)21-12-17(8-11-23(21)29)16-6-9-18(10-7-16)24(25,26)27/h2-12,19H,13-14H2,1H3. The molecule has 3 nitrogen and oxygen atoms in total. The Kier molecular flexibility index (Phi) is 4.31. The normalized spacial score (nSPS) is 16.8. The summed E-state index contributed by atoms with van der Waals surface area (Å²) >= 11 is 0. The zero-order valence-corrected chi connectivity index (χ0v) is 16.3. The Morgan fingerprint density at radius 1 is 0.933 bits per heavy atom. The van der Waals surface area contributed by atoms with E-state index in [2.05, 4.69) is 27.8 Å². The number of rotatable bonds is 3. The van der Waals surface area contributed by atoms with E-state index in [-0.39, 0.29) is 6.04 Å². The molecule has 30 heavy (non-hydrogen) atoms. The van der Waals surface area contributed by atoms with Crippen LogP contribution < -0.4 is 0 Å². The molecule has 5 rings (SSSR count). The van der Waals surface area contributed by atoms with Gasteiger partial charge in [0.2, 0.25) is 0 Å². The fraction of sp³-hybridized carbons (Fsp3) is 0.208. The summed E-state index contributed by atoms with van der Waals surface area (Å²) in [4.78, 5) is 4.55. The molecule has 0 radical (unpaired) electrons. The number of fused-ring (bicyclic) bond motifs is 3. The van der Waals surface area contributed by atoms with Crippen molar-refractivity contribution in [3.05, 3.63) is 72.3 Å². The van der Waals surface area contributed by atoms with Crippen LogP contribution >= 0.6 is 0 Å². The lowest BCUT2D eigenvalue weighted by Crippen LogP contribution is -2.15. The Morgan fingerprint density at radius 3 is 2.33 bits per heavy atom. The molecule has 152 valence electrons. The molecule has 0 N–H and O–H groups in total. The lowest BCUT2D eigenvalue weighted by molar-refractivity contribution is -0.137. The molecule has 1 aliphatic heterocycles. The molecule has 0 saturated heterocycles. The van der Waals surface area contributed by atoms with Gasteiger partial charge in [-0.2, -0.15) is 13.2 Å². The van der Waals surface area contributed by atoms with Crippen molar-refractivity contribution in [3.63, 3.8) is 0 Å². The molecule has 0 saturated carbocycles. The second kappa shape index (κ2) is 6.90. The number of alkyl halides is 3. The summed E-state index contributed by atoms with van der Waals surface area (Å²) in [6.07, 6.45) is -4.33. The van der Waals surface area contributed by atoms with Gasteiger partial charge in [0.05, 0.1) is 5.56 Å². The van der Waals surface area contributed by atoms with Gasteiger partial charge in [0, 0.05) is 35.3 Å². The number of nitrogens with zero attached hydrogens (tertiary/aromatic N) is 2. The van der Waals surface area contributed by atoms with Gasteiger partial charge in [-0.1, -0.05) is 36.4 Å². The number of ether oxygens (including phenoxy) is 1. The van der Waals surface area contributed by atoms with Gasteiger partial charge >= 0.3 is 6.18 Å². The minimum Gasteiger partial charge on any atom is -0.479 e. The highest BCUT2D eigenvalue weighted by Crippen LogP contribution is 2.35. The zero-order valence-electron chi connectivity index (χ0n) is 16.3. The quantitative estimate of drug-likeness (QED) is 0.391. The highest BCUT2D eigenvalue weighted by atomic mass is 19.4. The molecule has 0 fully saturated rings. The maximum Gasteiger partial charge on any atom is 0.416 e. The molecule has 3 aromatic carbocycles. The van der Waals surface area contributed by atoms with Crippen molar-refractivity contribution >= 4 is 27.7 Å². The van der Waals surface area contributed by atoms with E-state index in [0.29, 0.717) is 19.0 Å². The van der Waals surface area contributed by atoms with Gasteiger partial charge in [-0.15, -0.1) is 0 Å². The third-order valence-corrected chi connectivity index (χ3v) is 5.56. The van der Waals surface area contributed by atoms with Gasteiger partial charge in [0.25, 0.3) is 0 Å². The molecule has 0 spiro atoms. The van der Waals surface area contributed by atoms with Crippen molar-refractivity contribution in [2.24, 2.45) is 4.99 Å². The van der Waals surface area contributed by atoms with Crippen LogP contribution in [0.5, 0.6) is 0 Å². The predicted octanol–water partition coefficient (Wildman–Crippen LogP) is 6.30. The van der Waals surface area contributed by atoms with Gasteiger partial charge in [-0.3, -0.25) is 0 Å². The summed E-state index contributed by atoms with van der Waals surface area (Å²) in [5, 5.41) is 2.18. The van der Waals surface area contributed by atoms with Crippen molar-refractivity contribution in [1.29, 1.82) is 0 Å². The zero-order chi connectivity index (χ0) is 20.9.